The van der Waals surface area contributed by atoms with Crippen molar-refractivity contribution in [3.8, 4) is 0 Å². The molecular formula is C16H26N2O3. The van der Waals surface area contributed by atoms with Crippen molar-refractivity contribution in [1.29, 1.82) is 0 Å². The van der Waals surface area contributed by atoms with E-state index in [0.717, 1.165) is 58.2 Å². The van der Waals surface area contributed by atoms with Crippen molar-refractivity contribution in [1.82, 2.24) is 9.80 Å². The second kappa shape index (κ2) is 6.77. The molecule has 0 aromatic rings. The molecule has 5 heteroatoms. The van der Waals surface area contributed by atoms with E-state index < -0.39 is 0 Å². The maximum Gasteiger partial charge on any atom is 0.245 e. The van der Waals surface area contributed by atoms with Gasteiger partial charge in [-0.05, 0) is 44.9 Å². The van der Waals surface area contributed by atoms with Crippen molar-refractivity contribution < 1.29 is 14.3 Å². The van der Waals surface area contributed by atoms with E-state index in [1.165, 1.54) is 6.42 Å². The van der Waals surface area contributed by atoms with Gasteiger partial charge in [0.2, 0.25) is 11.8 Å². The van der Waals surface area contributed by atoms with Crippen LogP contribution in [0, 0.1) is 0 Å². The highest BCUT2D eigenvalue weighted by Gasteiger charge is 2.37. The van der Waals surface area contributed by atoms with Gasteiger partial charge in [0.05, 0.1) is 6.10 Å². The van der Waals surface area contributed by atoms with Gasteiger partial charge in [-0.25, -0.2) is 0 Å². The summed E-state index contributed by atoms with van der Waals surface area (Å²) in [5.41, 5.74) is 0. The maximum absolute atomic E-state index is 12.7. The molecule has 0 spiro atoms. The van der Waals surface area contributed by atoms with Crippen LogP contribution in [0.5, 0.6) is 0 Å². The molecule has 3 rings (SSSR count). The Balaban J connectivity index is 1.59. The highest BCUT2D eigenvalue weighted by Crippen LogP contribution is 2.24. The van der Waals surface area contributed by atoms with E-state index in [4.69, 9.17) is 4.74 Å². The van der Waals surface area contributed by atoms with Crippen molar-refractivity contribution in [3.63, 3.8) is 0 Å². The third-order valence-electron chi connectivity index (χ3n) is 5.01. The van der Waals surface area contributed by atoms with Gasteiger partial charge in [-0.3, -0.25) is 9.59 Å². The molecule has 0 aromatic heterocycles. The Morgan fingerprint density at radius 1 is 1.05 bits per heavy atom. The summed E-state index contributed by atoms with van der Waals surface area (Å²) in [6.07, 6.45) is 8.11. The summed E-state index contributed by atoms with van der Waals surface area (Å²) >= 11 is 0. The van der Waals surface area contributed by atoms with E-state index in [2.05, 4.69) is 0 Å². The topological polar surface area (TPSA) is 49.9 Å². The normalized spacial score (nSPS) is 31.0. The number of rotatable bonds is 3. The summed E-state index contributed by atoms with van der Waals surface area (Å²) in [4.78, 5) is 28.6. The van der Waals surface area contributed by atoms with Gasteiger partial charge < -0.3 is 14.5 Å². The lowest BCUT2D eigenvalue weighted by atomic mass is 10.0. The quantitative estimate of drug-likeness (QED) is 0.793. The highest BCUT2D eigenvalue weighted by atomic mass is 16.5. The minimum Gasteiger partial charge on any atom is -0.378 e. The summed E-state index contributed by atoms with van der Waals surface area (Å²) in [6, 6.07) is -0.193. The van der Waals surface area contributed by atoms with Crippen molar-refractivity contribution in [2.45, 2.75) is 63.5 Å². The standard InChI is InChI=1S/C16H26N2O3/c19-15-8-11-17(10-7-13-5-2-4-12-21-13)16(20)14-6-1-3-9-18(14)15/h13-14H,1-12H2. The predicted octanol–water partition coefficient (Wildman–Crippen LogP) is 1.56. The number of carbonyl (C=O) groups excluding carboxylic acids is 2. The first-order valence-corrected chi connectivity index (χ1v) is 8.45. The van der Waals surface area contributed by atoms with Crippen molar-refractivity contribution >= 4 is 11.8 Å². The zero-order valence-electron chi connectivity index (χ0n) is 12.8. The van der Waals surface area contributed by atoms with Gasteiger partial charge in [-0.1, -0.05) is 0 Å². The zero-order chi connectivity index (χ0) is 14.7. The van der Waals surface area contributed by atoms with Crippen molar-refractivity contribution in [3.05, 3.63) is 0 Å². The third kappa shape index (κ3) is 3.39. The minimum atomic E-state index is -0.193. The van der Waals surface area contributed by atoms with Gasteiger partial charge >= 0.3 is 0 Å². The van der Waals surface area contributed by atoms with Crippen LogP contribution < -0.4 is 0 Å². The number of carbonyl (C=O) groups is 2. The molecule has 21 heavy (non-hydrogen) atoms. The lowest BCUT2D eigenvalue weighted by Crippen LogP contribution is -2.50. The lowest BCUT2D eigenvalue weighted by molar-refractivity contribution is -0.143. The van der Waals surface area contributed by atoms with Crippen LogP contribution in [0.15, 0.2) is 0 Å². The van der Waals surface area contributed by atoms with Gasteiger partial charge in [0.1, 0.15) is 6.04 Å². The summed E-state index contributed by atoms with van der Waals surface area (Å²) in [7, 11) is 0. The van der Waals surface area contributed by atoms with Gasteiger partial charge in [-0.2, -0.15) is 0 Å². The number of nitrogens with zero attached hydrogens (tertiary/aromatic N) is 2. The number of amides is 2. The molecule has 5 nitrogen and oxygen atoms in total. The molecular weight excluding hydrogens is 268 g/mol. The van der Waals surface area contributed by atoms with Crippen LogP contribution in [-0.4, -0.2) is 60.0 Å². The number of piperidine rings is 1. The summed E-state index contributed by atoms with van der Waals surface area (Å²) in [5.74, 6) is 0.320. The predicted molar refractivity (Wildman–Crippen MR) is 78.8 cm³/mol. The molecule has 3 aliphatic rings. The molecule has 2 amide bonds. The first-order chi connectivity index (χ1) is 10.3. The van der Waals surface area contributed by atoms with Crippen LogP contribution in [0.4, 0.5) is 0 Å². The number of ether oxygens (including phenoxy) is 1. The molecule has 0 radical (unpaired) electrons. The molecule has 118 valence electrons. The Morgan fingerprint density at radius 3 is 2.71 bits per heavy atom. The number of hydrogen-bond donors (Lipinski definition) is 0. The largest absolute Gasteiger partial charge is 0.378 e. The Labute approximate surface area is 126 Å². The average molecular weight is 294 g/mol. The van der Waals surface area contributed by atoms with Gasteiger partial charge in [-0.15, -0.1) is 0 Å². The Kier molecular flexibility index (Phi) is 4.78. The summed E-state index contributed by atoms with van der Waals surface area (Å²) < 4.78 is 5.75. The molecule has 2 atom stereocenters. The van der Waals surface area contributed by atoms with E-state index >= 15 is 0 Å². The monoisotopic (exact) mass is 294 g/mol. The van der Waals surface area contributed by atoms with Crippen LogP contribution in [0.1, 0.15) is 51.4 Å². The van der Waals surface area contributed by atoms with E-state index in [9.17, 15) is 9.59 Å². The molecule has 0 saturated carbocycles. The summed E-state index contributed by atoms with van der Waals surface area (Å²) in [6.45, 7) is 2.93. The van der Waals surface area contributed by atoms with Crippen LogP contribution in [0.25, 0.3) is 0 Å². The maximum atomic E-state index is 12.7. The molecule has 0 N–H and O–H groups in total. The highest BCUT2D eigenvalue weighted by molar-refractivity contribution is 5.90. The van der Waals surface area contributed by atoms with E-state index in [1.807, 2.05) is 9.80 Å². The van der Waals surface area contributed by atoms with E-state index in [-0.39, 0.29) is 17.9 Å². The molecule has 2 unspecified atom stereocenters. The van der Waals surface area contributed by atoms with Crippen LogP contribution >= 0.6 is 0 Å². The third-order valence-corrected chi connectivity index (χ3v) is 5.01. The molecule has 3 aliphatic heterocycles. The van der Waals surface area contributed by atoms with Crippen molar-refractivity contribution in [2.24, 2.45) is 0 Å². The van der Waals surface area contributed by atoms with Crippen LogP contribution in [-0.2, 0) is 14.3 Å². The van der Waals surface area contributed by atoms with Crippen LogP contribution in [0.3, 0.4) is 0 Å². The molecule has 3 heterocycles. The molecule has 3 fully saturated rings. The zero-order valence-corrected chi connectivity index (χ0v) is 12.8. The SMILES string of the molecule is O=C1C2CCCCN2C(=O)CCN1CCC1CCCCO1. The summed E-state index contributed by atoms with van der Waals surface area (Å²) in [5, 5.41) is 0. The lowest BCUT2D eigenvalue weighted by Gasteiger charge is -2.34. The van der Waals surface area contributed by atoms with Crippen molar-refractivity contribution in [2.75, 3.05) is 26.2 Å². The van der Waals surface area contributed by atoms with Crippen LogP contribution in [0.2, 0.25) is 0 Å². The molecule has 3 saturated heterocycles. The number of fused-ring (bicyclic) bond motifs is 1. The fourth-order valence-corrected chi connectivity index (χ4v) is 3.74. The fraction of sp³-hybridized carbons (Fsp3) is 0.875. The second-order valence-electron chi connectivity index (χ2n) is 6.45. The van der Waals surface area contributed by atoms with E-state index in [0.29, 0.717) is 19.1 Å². The number of hydrogen-bond acceptors (Lipinski definition) is 3. The first-order valence-electron chi connectivity index (χ1n) is 8.45. The van der Waals surface area contributed by atoms with Gasteiger partial charge in [0.15, 0.2) is 0 Å². The smallest absolute Gasteiger partial charge is 0.245 e. The van der Waals surface area contributed by atoms with E-state index in [1.54, 1.807) is 0 Å². The molecule has 0 aliphatic carbocycles. The second-order valence-corrected chi connectivity index (χ2v) is 6.45. The van der Waals surface area contributed by atoms with Gasteiger partial charge in [0.25, 0.3) is 0 Å². The average Bonchev–Trinajstić information content (AvgIpc) is 2.66. The Morgan fingerprint density at radius 2 is 1.90 bits per heavy atom. The Bertz CT molecular complexity index is 393. The fourth-order valence-electron chi connectivity index (χ4n) is 3.74. The van der Waals surface area contributed by atoms with Gasteiger partial charge in [0, 0.05) is 32.7 Å². The first kappa shape index (κ1) is 14.8. The molecule has 0 bridgehead atoms. The Hall–Kier alpha value is -1.10. The molecule has 0 aromatic carbocycles. The minimum absolute atomic E-state index is 0.157.